The maximum atomic E-state index is 11.7. The zero-order chi connectivity index (χ0) is 13.8. The van der Waals surface area contributed by atoms with Gasteiger partial charge in [-0.15, -0.1) is 11.3 Å². The van der Waals surface area contributed by atoms with Gasteiger partial charge in [0.1, 0.15) is 0 Å². The van der Waals surface area contributed by atoms with Gasteiger partial charge in [0.2, 0.25) is 0 Å². The average Bonchev–Trinajstić information content (AvgIpc) is 2.78. The second kappa shape index (κ2) is 5.71. The van der Waals surface area contributed by atoms with Gasteiger partial charge in [0, 0.05) is 5.38 Å². The standard InChI is InChI=1S/C13H15N3O2S/c1-3-18-12(17)9-5-4-6-10(11(9)14)16-13-15-8(2)7-19-13/h4-7H,3,14H2,1-2H3,(H,15,16). The predicted molar refractivity (Wildman–Crippen MR) is 76.9 cm³/mol. The molecular formula is C13H15N3O2S. The van der Waals surface area contributed by atoms with Crippen LogP contribution >= 0.6 is 11.3 Å². The number of nitrogen functional groups attached to an aromatic ring is 1. The first-order valence-electron chi connectivity index (χ1n) is 5.86. The molecule has 2 rings (SSSR count). The van der Waals surface area contributed by atoms with Crippen molar-refractivity contribution < 1.29 is 9.53 Å². The first-order chi connectivity index (χ1) is 9.11. The first kappa shape index (κ1) is 13.4. The van der Waals surface area contributed by atoms with Gasteiger partial charge in [-0.05, 0) is 26.0 Å². The summed E-state index contributed by atoms with van der Waals surface area (Å²) in [6, 6.07) is 5.20. The highest BCUT2D eigenvalue weighted by Crippen LogP contribution is 2.28. The van der Waals surface area contributed by atoms with Crippen LogP contribution in [0.15, 0.2) is 23.6 Å². The molecule has 6 heteroatoms. The van der Waals surface area contributed by atoms with E-state index in [0.29, 0.717) is 23.5 Å². The zero-order valence-corrected chi connectivity index (χ0v) is 11.6. The number of carbonyl (C=O) groups excluding carboxylic acids is 1. The molecule has 0 radical (unpaired) electrons. The van der Waals surface area contributed by atoms with E-state index < -0.39 is 5.97 Å². The number of rotatable bonds is 4. The SMILES string of the molecule is CCOC(=O)c1cccc(Nc2nc(C)cs2)c1N. The van der Waals surface area contributed by atoms with E-state index in [2.05, 4.69) is 10.3 Å². The number of esters is 1. The van der Waals surface area contributed by atoms with E-state index in [9.17, 15) is 4.79 Å². The van der Waals surface area contributed by atoms with Crippen molar-refractivity contribution in [2.75, 3.05) is 17.7 Å². The van der Waals surface area contributed by atoms with Crippen LogP contribution in [0.2, 0.25) is 0 Å². The molecule has 1 aromatic heterocycles. The van der Waals surface area contributed by atoms with Gasteiger partial charge in [0.15, 0.2) is 5.13 Å². The number of aromatic nitrogens is 1. The van der Waals surface area contributed by atoms with Gasteiger partial charge in [-0.2, -0.15) is 0 Å². The van der Waals surface area contributed by atoms with Crippen molar-refractivity contribution in [1.29, 1.82) is 0 Å². The Hall–Kier alpha value is -2.08. The molecule has 2 aromatic rings. The highest BCUT2D eigenvalue weighted by atomic mass is 32.1. The predicted octanol–water partition coefficient (Wildman–Crippen LogP) is 2.95. The molecule has 0 aliphatic carbocycles. The van der Waals surface area contributed by atoms with Crippen LogP contribution in [0, 0.1) is 6.92 Å². The van der Waals surface area contributed by atoms with Gasteiger partial charge in [-0.1, -0.05) is 6.07 Å². The summed E-state index contributed by atoms with van der Waals surface area (Å²) in [4.78, 5) is 16.0. The molecule has 3 N–H and O–H groups in total. The Bertz CT molecular complexity index is 595. The van der Waals surface area contributed by atoms with Gasteiger partial charge in [-0.25, -0.2) is 9.78 Å². The molecule has 0 spiro atoms. The van der Waals surface area contributed by atoms with Crippen LogP contribution < -0.4 is 11.1 Å². The fraction of sp³-hybridized carbons (Fsp3) is 0.231. The van der Waals surface area contributed by atoms with E-state index in [0.717, 1.165) is 10.8 Å². The van der Waals surface area contributed by atoms with Crippen LogP contribution in [0.25, 0.3) is 0 Å². The first-order valence-corrected chi connectivity index (χ1v) is 6.74. The lowest BCUT2D eigenvalue weighted by molar-refractivity contribution is 0.0527. The van der Waals surface area contributed by atoms with Crippen LogP contribution in [-0.4, -0.2) is 17.6 Å². The number of carbonyl (C=O) groups is 1. The maximum absolute atomic E-state index is 11.7. The maximum Gasteiger partial charge on any atom is 0.340 e. The molecule has 0 atom stereocenters. The molecule has 0 saturated carbocycles. The minimum atomic E-state index is -0.418. The highest BCUT2D eigenvalue weighted by Gasteiger charge is 2.14. The van der Waals surface area contributed by atoms with Crippen LogP contribution in [-0.2, 0) is 4.74 Å². The second-order valence-corrected chi connectivity index (χ2v) is 4.76. The zero-order valence-electron chi connectivity index (χ0n) is 10.8. The van der Waals surface area contributed by atoms with Gasteiger partial charge >= 0.3 is 5.97 Å². The monoisotopic (exact) mass is 277 g/mol. The van der Waals surface area contributed by atoms with Crippen molar-refractivity contribution in [3.05, 3.63) is 34.8 Å². The molecule has 19 heavy (non-hydrogen) atoms. The number of para-hydroxylation sites is 1. The molecule has 100 valence electrons. The number of nitrogens with zero attached hydrogens (tertiary/aromatic N) is 1. The minimum Gasteiger partial charge on any atom is -0.462 e. The Balaban J connectivity index is 2.27. The number of aryl methyl sites for hydroxylation is 1. The Morgan fingerprint density at radius 1 is 1.53 bits per heavy atom. The number of hydrogen-bond donors (Lipinski definition) is 2. The van der Waals surface area contributed by atoms with Crippen molar-refractivity contribution in [3.8, 4) is 0 Å². The molecule has 0 amide bonds. The summed E-state index contributed by atoms with van der Waals surface area (Å²) in [5.74, 6) is -0.418. The van der Waals surface area contributed by atoms with E-state index in [4.69, 9.17) is 10.5 Å². The van der Waals surface area contributed by atoms with Crippen LogP contribution in [0.4, 0.5) is 16.5 Å². The Morgan fingerprint density at radius 2 is 2.32 bits per heavy atom. The molecule has 5 nitrogen and oxygen atoms in total. The molecule has 0 fully saturated rings. The van der Waals surface area contributed by atoms with E-state index in [-0.39, 0.29) is 0 Å². The number of nitrogens with two attached hydrogens (primary N) is 1. The highest BCUT2D eigenvalue weighted by molar-refractivity contribution is 7.13. The van der Waals surface area contributed by atoms with E-state index >= 15 is 0 Å². The fourth-order valence-electron chi connectivity index (χ4n) is 1.59. The molecule has 0 aliphatic heterocycles. The van der Waals surface area contributed by atoms with Crippen LogP contribution in [0.1, 0.15) is 23.0 Å². The molecular weight excluding hydrogens is 262 g/mol. The van der Waals surface area contributed by atoms with E-state index in [1.54, 1.807) is 25.1 Å². The summed E-state index contributed by atoms with van der Waals surface area (Å²) in [6.45, 7) is 4.00. The lowest BCUT2D eigenvalue weighted by Crippen LogP contribution is -2.09. The summed E-state index contributed by atoms with van der Waals surface area (Å²) in [7, 11) is 0. The summed E-state index contributed by atoms with van der Waals surface area (Å²) in [5.41, 5.74) is 8.30. The summed E-state index contributed by atoms with van der Waals surface area (Å²) in [5, 5.41) is 5.78. The Labute approximate surface area is 115 Å². The number of ether oxygens (including phenoxy) is 1. The van der Waals surface area contributed by atoms with Crippen LogP contribution in [0.5, 0.6) is 0 Å². The average molecular weight is 277 g/mol. The van der Waals surface area contributed by atoms with Crippen molar-refractivity contribution in [3.63, 3.8) is 0 Å². The minimum absolute atomic E-state index is 0.321. The number of nitrogens with one attached hydrogen (secondary N) is 1. The second-order valence-electron chi connectivity index (χ2n) is 3.91. The molecule has 0 aliphatic rings. The number of anilines is 3. The third-order valence-corrected chi connectivity index (χ3v) is 3.34. The summed E-state index contributed by atoms with van der Waals surface area (Å²) in [6.07, 6.45) is 0. The third-order valence-electron chi connectivity index (χ3n) is 2.46. The van der Waals surface area contributed by atoms with Gasteiger partial charge in [-0.3, -0.25) is 0 Å². The van der Waals surface area contributed by atoms with E-state index in [1.165, 1.54) is 11.3 Å². The summed E-state index contributed by atoms with van der Waals surface area (Å²) < 4.78 is 4.96. The third kappa shape index (κ3) is 3.03. The van der Waals surface area contributed by atoms with Crippen LogP contribution in [0.3, 0.4) is 0 Å². The van der Waals surface area contributed by atoms with Crippen molar-refractivity contribution in [2.45, 2.75) is 13.8 Å². The lowest BCUT2D eigenvalue weighted by atomic mass is 10.1. The quantitative estimate of drug-likeness (QED) is 0.663. The number of benzene rings is 1. The van der Waals surface area contributed by atoms with Crippen molar-refractivity contribution >= 4 is 33.8 Å². The van der Waals surface area contributed by atoms with Crippen molar-refractivity contribution in [1.82, 2.24) is 4.98 Å². The van der Waals surface area contributed by atoms with Gasteiger partial charge in [0.05, 0.1) is 29.2 Å². The van der Waals surface area contributed by atoms with Gasteiger partial charge in [0.25, 0.3) is 0 Å². The Kier molecular flexibility index (Phi) is 4.01. The van der Waals surface area contributed by atoms with Crippen molar-refractivity contribution in [2.24, 2.45) is 0 Å². The number of thiazole rings is 1. The molecule has 0 bridgehead atoms. The lowest BCUT2D eigenvalue weighted by Gasteiger charge is -2.10. The molecule has 0 saturated heterocycles. The normalized spacial score (nSPS) is 10.2. The topological polar surface area (TPSA) is 77.2 Å². The molecule has 0 unspecified atom stereocenters. The fourth-order valence-corrected chi connectivity index (χ4v) is 2.29. The largest absolute Gasteiger partial charge is 0.462 e. The Morgan fingerprint density at radius 3 is 2.95 bits per heavy atom. The smallest absolute Gasteiger partial charge is 0.340 e. The molecule has 1 aromatic carbocycles. The number of hydrogen-bond acceptors (Lipinski definition) is 6. The summed E-state index contributed by atoms with van der Waals surface area (Å²) >= 11 is 1.48. The van der Waals surface area contributed by atoms with E-state index in [1.807, 2.05) is 12.3 Å². The molecule has 1 heterocycles. The van der Waals surface area contributed by atoms with Gasteiger partial charge < -0.3 is 15.8 Å².